The number of aliphatic hydroxyl groups is 1. The first-order valence-corrected chi connectivity index (χ1v) is 12.9. The zero-order valence-corrected chi connectivity index (χ0v) is 21.5. The Bertz CT molecular complexity index is 1240. The van der Waals surface area contributed by atoms with Gasteiger partial charge in [0, 0.05) is 49.8 Å². The minimum Gasteiger partial charge on any atom is -0.508 e. The molecule has 3 atom stereocenters. The number of phenolic OH excluding ortho intramolecular Hbond substituents is 1. The Morgan fingerprint density at radius 1 is 0.895 bits per heavy atom. The number of anilines is 3. The molecule has 5 rings (SSSR count). The maximum Gasteiger partial charge on any atom is 0.180 e. The van der Waals surface area contributed by atoms with Crippen LogP contribution in [0.4, 0.5) is 17.1 Å². The summed E-state index contributed by atoms with van der Waals surface area (Å²) >= 11 is 0. The molecular formula is C29H34N6O3. The second-order valence-electron chi connectivity index (χ2n) is 9.71. The van der Waals surface area contributed by atoms with Crippen LogP contribution >= 0.6 is 0 Å². The molecule has 0 amide bonds. The Morgan fingerprint density at radius 2 is 1.42 bits per heavy atom. The monoisotopic (exact) mass is 514 g/mol. The van der Waals surface area contributed by atoms with Gasteiger partial charge in [-0.05, 0) is 66.6 Å². The molecule has 2 heterocycles. The van der Waals surface area contributed by atoms with E-state index in [0.29, 0.717) is 6.54 Å². The van der Waals surface area contributed by atoms with E-state index < -0.39 is 18.3 Å². The van der Waals surface area contributed by atoms with Gasteiger partial charge in [-0.15, -0.1) is 0 Å². The fourth-order valence-corrected chi connectivity index (χ4v) is 5.07. The van der Waals surface area contributed by atoms with Gasteiger partial charge >= 0.3 is 0 Å². The number of carbonyl (C=O) groups is 1. The molecule has 9 nitrogen and oxygen atoms in total. The molecule has 1 saturated heterocycles. The van der Waals surface area contributed by atoms with E-state index in [1.165, 1.54) is 0 Å². The first-order valence-electron chi connectivity index (χ1n) is 12.9. The third-order valence-corrected chi connectivity index (χ3v) is 7.43. The van der Waals surface area contributed by atoms with Crippen LogP contribution in [0.5, 0.6) is 5.75 Å². The summed E-state index contributed by atoms with van der Waals surface area (Å²) in [5.74, 6) is 0.277. The average Bonchev–Trinajstić information content (AvgIpc) is 3.41. The molecule has 0 radical (unpaired) electrons. The van der Waals surface area contributed by atoms with E-state index in [0.717, 1.165) is 60.7 Å². The van der Waals surface area contributed by atoms with Gasteiger partial charge in [0.2, 0.25) is 0 Å². The number of aldehydes is 1. The molecule has 3 aromatic rings. The Hall–Kier alpha value is -4.08. The third-order valence-electron chi connectivity index (χ3n) is 7.43. The van der Waals surface area contributed by atoms with E-state index in [9.17, 15) is 15.0 Å². The molecule has 0 aromatic heterocycles. The van der Waals surface area contributed by atoms with Gasteiger partial charge in [-0.2, -0.15) is 5.10 Å². The van der Waals surface area contributed by atoms with E-state index in [1.54, 1.807) is 23.5 Å². The second kappa shape index (κ2) is 11.1. The summed E-state index contributed by atoms with van der Waals surface area (Å²) in [6, 6.07) is 22.6. The Labute approximate surface area is 223 Å². The van der Waals surface area contributed by atoms with Gasteiger partial charge in [0.05, 0.1) is 6.04 Å². The molecule has 38 heavy (non-hydrogen) atoms. The Kier molecular flexibility index (Phi) is 7.48. The lowest BCUT2D eigenvalue weighted by Crippen LogP contribution is -2.47. The van der Waals surface area contributed by atoms with Crippen molar-refractivity contribution >= 4 is 29.7 Å². The first-order chi connectivity index (χ1) is 18.5. The van der Waals surface area contributed by atoms with Crippen LogP contribution in [0.25, 0.3) is 0 Å². The van der Waals surface area contributed by atoms with E-state index in [4.69, 9.17) is 5.73 Å². The van der Waals surface area contributed by atoms with Gasteiger partial charge < -0.3 is 30.6 Å². The molecule has 4 N–H and O–H groups in total. The van der Waals surface area contributed by atoms with Crippen LogP contribution in [-0.4, -0.2) is 66.2 Å². The third kappa shape index (κ3) is 5.16. The number of carbonyl (C=O) groups excluding carboxylic acids is 1. The molecule has 1 fully saturated rings. The van der Waals surface area contributed by atoms with Gasteiger partial charge in [-0.25, -0.2) is 0 Å². The largest absolute Gasteiger partial charge is 0.508 e. The maximum absolute atomic E-state index is 12.1. The summed E-state index contributed by atoms with van der Waals surface area (Å²) in [4.78, 5) is 18.6. The number of rotatable bonds is 8. The van der Waals surface area contributed by atoms with Crippen molar-refractivity contribution in [2.45, 2.75) is 31.8 Å². The first kappa shape index (κ1) is 25.6. The van der Waals surface area contributed by atoms with Crippen molar-refractivity contribution in [2.24, 2.45) is 10.8 Å². The molecule has 0 bridgehead atoms. The zero-order chi connectivity index (χ0) is 26.6. The van der Waals surface area contributed by atoms with E-state index in [-0.39, 0.29) is 5.75 Å². The molecule has 3 aromatic carbocycles. The van der Waals surface area contributed by atoms with E-state index >= 15 is 0 Å². The van der Waals surface area contributed by atoms with Crippen LogP contribution in [0.3, 0.4) is 0 Å². The highest BCUT2D eigenvalue weighted by Crippen LogP contribution is 2.30. The molecule has 2 aliphatic rings. The van der Waals surface area contributed by atoms with Crippen LogP contribution in [0.1, 0.15) is 24.2 Å². The number of piperazine rings is 1. The predicted octanol–water partition coefficient (Wildman–Crippen LogP) is 2.89. The van der Waals surface area contributed by atoms with Crippen molar-refractivity contribution in [2.75, 3.05) is 40.9 Å². The molecule has 198 valence electrons. The van der Waals surface area contributed by atoms with Gasteiger partial charge in [0.1, 0.15) is 18.2 Å². The van der Waals surface area contributed by atoms with E-state index in [2.05, 4.69) is 27.0 Å². The lowest BCUT2D eigenvalue weighted by atomic mass is 10.0. The quantitative estimate of drug-likeness (QED) is 0.394. The molecule has 0 saturated carbocycles. The summed E-state index contributed by atoms with van der Waals surface area (Å²) in [6.07, 6.45) is 1.03. The van der Waals surface area contributed by atoms with Crippen LogP contribution in [-0.2, 0) is 11.3 Å². The summed E-state index contributed by atoms with van der Waals surface area (Å²) in [7, 11) is 0. The zero-order valence-electron chi connectivity index (χ0n) is 21.5. The summed E-state index contributed by atoms with van der Waals surface area (Å²) < 4.78 is 0. The van der Waals surface area contributed by atoms with Gasteiger partial charge in [0.15, 0.2) is 12.5 Å². The summed E-state index contributed by atoms with van der Waals surface area (Å²) in [5.41, 5.74) is 10.5. The minimum absolute atomic E-state index is 0.277. The molecule has 2 aliphatic heterocycles. The Balaban J connectivity index is 1.21. The summed E-state index contributed by atoms with van der Waals surface area (Å²) in [6.45, 7) is 5.86. The van der Waals surface area contributed by atoms with Crippen molar-refractivity contribution in [3.05, 3.63) is 83.9 Å². The minimum atomic E-state index is -0.816. The van der Waals surface area contributed by atoms with Crippen LogP contribution in [0, 0.1) is 0 Å². The van der Waals surface area contributed by atoms with Crippen LogP contribution in [0.2, 0.25) is 0 Å². The Morgan fingerprint density at radius 3 is 1.95 bits per heavy atom. The smallest absolute Gasteiger partial charge is 0.180 e. The SMILES string of the molecule is CC(C(O)c1ccc(CN)cc1)N1N=CN(c2ccc(N3CCN(c4ccc(O)cc4)CC3)cc2)C1C=O. The fourth-order valence-electron chi connectivity index (χ4n) is 5.07. The molecule has 9 heteroatoms. The highest BCUT2D eigenvalue weighted by Gasteiger charge is 2.35. The maximum atomic E-state index is 12.1. The second-order valence-corrected chi connectivity index (χ2v) is 9.71. The predicted molar refractivity (Wildman–Crippen MR) is 150 cm³/mol. The number of phenols is 1. The number of hydrogen-bond donors (Lipinski definition) is 3. The number of aliphatic hydroxyl groups excluding tert-OH is 1. The summed E-state index contributed by atoms with van der Waals surface area (Å²) in [5, 5.41) is 26.6. The topological polar surface area (TPSA) is 109 Å². The lowest BCUT2D eigenvalue weighted by molar-refractivity contribution is -0.113. The van der Waals surface area contributed by atoms with Crippen molar-refractivity contribution in [3.63, 3.8) is 0 Å². The highest BCUT2D eigenvalue weighted by atomic mass is 16.3. The average molecular weight is 515 g/mol. The molecular weight excluding hydrogens is 480 g/mol. The molecule has 0 aliphatic carbocycles. The number of hydrogen-bond acceptors (Lipinski definition) is 9. The van der Waals surface area contributed by atoms with Crippen molar-refractivity contribution in [3.8, 4) is 5.75 Å². The standard InChI is InChI=1S/C29H34N6O3/c1-21(29(38)23-4-2-22(18-30)3-5-23)35-28(19-36)34(20-31-35)26-8-6-24(7-9-26)32-14-16-33(17-15-32)25-10-12-27(37)13-11-25/h2-13,19-21,28-29,37-38H,14-18,30H2,1H3. The number of nitrogens with two attached hydrogens (primary N) is 1. The van der Waals surface area contributed by atoms with Gasteiger partial charge in [-0.3, -0.25) is 9.80 Å². The van der Waals surface area contributed by atoms with Crippen LogP contribution < -0.4 is 20.4 Å². The van der Waals surface area contributed by atoms with Crippen molar-refractivity contribution in [1.29, 1.82) is 0 Å². The number of nitrogens with zero attached hydrogens (tertiary/aromatic N) is 5. The van der Waals surface area contributed by atoms with Gasteiger partial charge in [0.25, 0.3) is 0 Å². The lowest BCUT2D eigenvalue weighted by Gasteiger charge is -2.37. The normalized spacial score (nSPS) is 19.1. The number of hydrazone groups is 1. The molecule has 0 spiro atoms. The number of benzene rings is 3. The fraction of sp³-hybridized carbons (Fsp3) is 0.310. The van der Waals surface area contributed by atoms with E-state index in [1.807, 2.05) is 60.4 Å². The van der Waals surface area contributed by atoms with Crippen LogP contribution in [0.15, 0.2) is 77.9 Å². The number of aromatic hydroxyl groups is 1. The molecule has 3 unspecified atom stereocenters. The van der Waals surface area contributed by atoms with Gasteiger partial charge in [-0.1, -0.05) is 24.3 Å². The van der Waals surface area contributed by atoms with Crippen molar-refractivity contribution in [1.82, 2.24) is 5.01 Å². The van der Waals surface area contributed by atoms with Crippen molar-refractivity contribution < 1.29 is 15.0 Å². The highest BCUT2D eigenvalue weighted by molar-refractivity contribution is 5.88.